The molecule has 0 unspecified atom stereocenters. The van der Waals surface area contributed by atoms with Crippen molar-refractivity contribution in [1.29, 1.82) is 0 Å². The predicted octanol–water partition coefficient (Wildman–Crippen LogP) is 6.22. The Morgan fingerprint density at radius 3 is 2.08 bits per heavy atom. The Balaban J connectivity index is 1.47. The van der Waals surface area contributed by atoms with Crippen LogP contribution < -0.4 is 25.5 Å². The largest absolute Gasteiger partial charge is 0.494 e. The van der Waals surface area contributed by atoms with Crippen LogP contribution in [-0.2, 0) is 9.59 Å². The van der Waals surface area contributed by atoms with Crippen LogP contribution in [0, 0.1) is 0 Å². The van der Waals surface area contributed by atoms with Gasteiger partial charge < -0.3 is 20.1 Å². The number of unbranched alkanes of at least 4 members (excludes halogenated alkanes) is 2. The normalized spacial score (nSPS) is 10.7. The smallest absolute Gasteiger partial charge is 0.328 e. The maximum atomic E-state index is 13.2. The van der Waals surface area contributed by atoms with Crippen molar-refractivity contribution in [3.05, 3.63) is 83.5 Å². The van der Waals surface area contributed by atoms with Gasteiger partial charge in [0.1, 0.15) is 17.2 Å². The van der Waals surface area contributed by atoms with Crippen molar-refractivity contribution in [2.24, 2.45) is 0 Å². The summed E-state index contributed by atoms with van der Waals surface area (Å²) in [6, 6.07) is 20.2. The lowest BCUT2D eigenvalue weighted by atomic mass is 10.2. The van der Waals surface area contributed by atoms with Gasteiger partial charge in [0.25, 0.3) is 5.91 Å². The molecule has 208 valence electrons. The van der Waals surface area contributed by atoms with Crippen LogP contribution >= 0.6 is 11.6 Å². The Kier molecular flexibility index (Phi) is 9.64. The summed E-state index contributed by atoms with van der Waals surface area (Å²) in [4.78, 5) is 38.8. The van der Waals surface area contributed by atoms with E-state index < -0.39 is 17.7 Å². The van der Waals surface area contributed by atoms with Gasteiger partial charge in [0, 0.05) is 21.8 Å². The monoisotopic (exact) mass is 562 g/mol. The number of carbonyl (C=O) groups is 3. The molecule has 0 aliphatic carbocycles. The van der Waals surface area contributed by atoms with E-state index in [1.54, 1.807) is 72.8 Å². The summed E-state index contributed by atoms with van der Waals surface area (Å²) in [6.45, 7) is 5.16. The van der Waals surface area contributed by atoms with Crippen molar-refractivity contribution >= 4 is 51.6 Å². The SMILES string of the molecule is CCCCCOc1ccc(NC(=O)C(=O)Nn2c(C(=O)Nc3ccc(OCC)cc3)cc3cc(Cl)ccc32)cc1. The molecule has 10 heteroatoms. The molecule has 9 nitrogen and oxygen atoms in total. The molecular formula is C30H31ClN4O5. The summed E-state index contributed by atoms with van der Waals surface area (Å²) in [5, 5.41) is 6.44. The fraction of sp³-hybridized carbons (Fsp3) is 0.233. The van der Waals surface area contributed by atoms with Crippen molar-refractivity contribution in [3.8, 4) is 11.5 Å². The minimum Gasteiger partial charge on any atom is -0.494 e. The summed E-state index contributed by atoms with van der Waals surface area (Å²) in [5.74, 6) is -0.990. The number of hydrogen-bond donors (Lipinski definition) is 3. The third-order valence-corrected chi connectivity index (χ3v) is 6.20. The fourth-order valence-electron chi connectivity index (χ4n) is 3.99. The lowest BCUT2D eigenvalue weighted by Crippen LogP contribution is -2.36. The van der Waals surface area contributed by atoms with Crippen LogP contribution in [0.3, 0.4) is 0 Å². The molecule has 0 spiro atoms. The molecule has 0 saturated heterocycles. The number of carbonyl (C=O) groups excluding carboxylic acids is 3. The molecular weight excluding hydrogens is 532 g/mol. The molecule has 4 rings (SSSR count). The highest BCUT2D eigenvalue weighted by molar-refractivity contribution is 6.42. The van der Waals surface area contributed by atoms with Crippen LogP contribution in [0.4, 0.5) is 11.4 Å². The number of benzene rings is 3. The van der Waals surface area contributed by atoms with E-state index in [4.69, 9.17) is 21.1 Å². The molecule has 0 radical (unpaired) electrons. The maximum absolute atomic E-state index is 13.2. The van der Waals surface area contributed by atoms with Crippen LogP contribution in [0.25, 0.3) is 10.9 Å². The Morgan fingerprint density at radius 2 is 1.43 bits per heavy atom. The molecule has 3 amide bonds. The van der Waals surface area contributed by atoms with Gasteiger partial charge in [-0.3, -0.25) is 19.8 Å². The first kappa shape index (κ1) is 28.5. The highest BCUT2D eigenvalue weighted by Crippen LogP contribution is 2.24. The van der Waals surface area contributed by atoms with Gasteiger partial charge in [-0.05, 0) is 86.1 Å². The second kappa shape index (κ2) is 13.5. The third-order valence-electron chi connectivity index (χ3n) is 5.97. The van der Waals surface area contributed by atoms with E-state index in [1.807, 2.05) is 6.92 Å². The lowest BCUT2D eigenvalue weighted by molar-refractivity contribution is -0.133. The van der Waals surface area contributed by atoms with Gasteiger partial charge in [-0.1, -0.05) is 31.4 Å². The average molecular weight is 563 g/mol. The summed E-state index contributed by atoms with van der Waals surface area (Å²) in [7, 11) is 0. The molecule has 3 aromatic carbocycles. The predicted molar refractivity (Wildman–Crippen MR) is 157 cm³/mol. The third kappa shape index (κ3) is 7.33. The average Bonchev–Trinajstić information content (AvgIpc) is 3.30. The topological polar surface area (TPSA) is 111 Å². The Morgan fingerprint density at radius 1 is 0.775 bits per heavy atom. The number of hydrogen-bond acceptors (Lipinski definition) is 5. The first-order valence-electron chi connectivity index (χ1n) is 13.1. The number of fused-ring (bicyclic) bond motifs is 1. The summed E-state index contributed by atoms with van der Waals surface area (Å²) in [5.41, 5.74) is 4.10. The van der Waals surface area contributed by atoms with Crippen molar-refractivity contribution in [2.45, 2.75) is 33.1 Å². The number of ether oxygens (including phenoxy) is 2. The molecule has 0 bridgehead atoms. The highest BCUT2D eigenvalue weighted by atomic mass is 35.5. The first-order valence-corrected chi connectivity index (χ1v) is 13.5. The van der Waals surface area contributed by atoms with Crippen molar-refractivity contribution in [3.63, 3.8) is 0 Å². The van der Waals surface area contributed by atoms with E-state index in [9.17, 15) is 14.4 Å². The Bertz CT molecular complexity index is 1480. The van der Waals surface area contributed by atoms with Crippen molar-refractivity contribution in [2.75, 3.05) is 29.3 Å². The zero-order valence-electron chi connectivity index (χ0n) is 22.3. The maximum Gasteiger partial charge on any atom is 0.328 e. The number of anilines is 2. The van der Waals surface area contributed by atoms with Crippen molar-refractivity contribution in [1.82, 2.24) is 4.68 Å². The standard InChI is InChI=1S/C30H31ClN4O5/c1-3-5-6-17-40-25-14-10-23(11-15-25)33-29(37)30(38)34-35-26-16-7-21(31)18-20(26)19-27(35)28(36)32-22-8-12-24(13-9-22)39-4-2/h7-16,18-19H,3-6,17H2,1-2H3,(H,32,36)(H,33,37)(H,34,38). The molecule has 0 aliphatic rings. The van der Waals surface area contributed by atoms with Gasteiger partial charge in [-0.25, -0.2) is 4.68 Å². The Labute approximate surface area is 237 Å². The van der Waals surface area contributed by atoms with E-state index >= 15 is 0 Å². The van der Waals surface area contributed by atoms with E-state index in [1.165, 1.54) is 4.68 Å². The van der Waals surface area contributed by atoms with Gasteiger partial charge in [0.15, 0.2) is 0 Å². The van der Waals surface area contributed by atoms with Crippen LogP contribution in [0.5, 0.6) is 11.5 Å². The van der Waals surface area contributed by atoms with Crippen LogP contribution in [0.15, 0.2) is 72.8 Å². The second-order valence-electron chi connectivity index (χ2n) is 8.95. The number of amides is 3. The zero-order valence-corrected chi connectivity index (χ0v) is 23.1. The van der Waals surface area contributed by atoms with E-state index in [2.05, 4.69) is 23.0 Å². The number of rotatable bonds is 11. The number of nitrogens with zero attached hydrogens (tertiary/aromatic N) is 1. The van der Waals surface area contributed by atoms with Gasteiger partial charge >= 0.3 is 11.8 Å². The first-order chi connectivity index (χ1) is 19.4. The van der Waals surface area contributed by atoms with Crippen LogP contribution in [-0.4, -0.2) is 35.6 Å². The van der Waals surface area contributed by atoms with Crippen molar-refractivity contribution < 1.29 is 23.9 Å². The quantitative estimate of drug-likeness (QED) is 0.148. The van der Waals surface area contributed by atoms with Gasteiger partial charge in [0.05, 0.1) is 18.7 Å². The second-order valence-corrected chi connectivity index (χ2v) is 9.39. The Hall–Kier alpha value is -4.50. The van der Waals surface area contributed by atoms with E-state index in [0.29, 0.717) is 52.0 Å². The molecule has 3 N–H and O–H groups in total. The minimum atomic E-state index is -0.956. The number of aromatic nitrogens is 1. The molecule has 0 saturated carbocycles. The van der Waals surface area contributed by atoms with E-state index in [-0.39, 0.29) is 5.69 Å². The number of halogens is 1. The molecule has 4 aromatic rings. The molecule has 1 heterocycles. The van der Waals surface area contributed by atoms with Gasteiger partial charge in [0.2, 0.25) is 0 Å². The molecule has 1 aromatic heterocycles. The highest BCUT2D eigenvalue weighted by Gasteiger charge is 2.21. The summed E-state index contributed by atoms with van der Waals surface area (Å²) in [6.07, 6.45) is 3.17. The molecule has 0 aliphatic heterocycles. The van der Waals surface area contributed by atoms with Gasteiger partial charge in [-0.2, -0.15) is 0 Å². The summed E-state index contributed by atoms with van der Waals surface area (Å²) >= 11 is 6.15. The molecule has 0 atom stereocenters. The van der Waals surface area contributed by atoms with Gasteiger partial charge in [-0.15, -0.1) is 0 Å². The van der Waals surface area contributed by atoms with Crippen LogP contribution in [0.1, 0.15) is 43.6 Å². The van der Waals surface area contributed by atoms with Crippen LogP contribution in [0.2, 0.25) is 5.02 Å². The van der Waals surface area contributed by atoms with E-state index in [0.717, 1.165) is 19.3 Å². The summed E-state index contributed by atoms with van der Waals surface area (Å²) < 4.78 is 12.4. The fourth-order valence-corrected chi connectivity index (χ4v) is 4.17. The zero-order chi connectivity index (χ0) is 28.5. The lowest BCUT2D eigenvalue weighted by Gasteiger charge is -2.13. The molecule has 0 fully saturated rings. The number of nitrogens with one attached hydrogen (secondary N) is 3. The molecule has 40 heavy (non-hydrogen) atoms. The minimum absolute atomic E-state index is 0.108.